The number of nitrogens with one attached hydrogen (secondary N) is 3. The molecule has 5 aromatic rings. The Morgan fingerprint density at radius 2 is 2.03 bits per heavy atom. The number of methoxy groups -OCH3 is 1. The van der Waals surface area contributed by atoms with Gasteiger partial charge in [-0.2, -0.15) is 5.10 Å². The fraction of sp³-hybridized carbons (Fsp3) is 0.231. The smallest absolute Gasteiger partial charge is 0.179 e. The molecule has 6 rings (SSSR count). The van der Waals surface area contributed by atoms with Crippen LogP contribution in [0.15, 0.2) is 53.3 Å². The fourth-order valence-corrected chi connectivity index (χ4v) is 4.94. The molecule has 12 heteroatoms. The van der Waals surface area contributed by atoms with Gasteiger partial charge in [-0.15, -0.1) is 0 Å². The van der Waals surface area contributed by atoms with Crippen molar-refractivity contribution in [2.45, 2.75) is 6.54 Å². The second-order valence-corrected chi connectivity index (χ2v) is 10.2. The van der Waals surface area contributed by atoms with Gasteiger partial charge < -0.3 is 19.8 Å². The molecule has 10 nitrogen and oxygen atoms in total. The number of benzene rings is 2. The van der Waals surface area contributed by atoms with Crippen LogP contribution in [0.5, 0.6) is 5.75 Å². The first kappa shape index (κ1) is 24.8. The Hall–Kier alpha value is -3.51. The topological polar surface area (TPSA) is 117 Å². The first-order chi connectivity index (χ1) is 18.6. The summed E-state index contributed by atoms with van der Waals surface area (Å²) < 4.78 is 11.8. The minimum absolute atomic E-state index is 0.459. The molecular weight excluding hydrogens is 572 g/mol. The number of morpholine rings is 1. The zero-order chi connectivity index (χ0) is 26.1. The summed E-state index contributed by atoms with van der Waals surface area (Å²) in [5.41, 5.74) is 5.03. The molecule has 2 aromatic carbocycles. The van der Waals surface area contributed by atoms with Crippen LogP contribution in [-0.2, 0) is 11.3 Å². The monoisotopic (exact) mass is 594 g/mol. The molecule has 0 radical (unpaired) electrons. The van der Waals surface area contributed by atoms with Gasteiger partial charge in [0.15, 0.2) is 28.9 Å². The van der Waals surface area contributed by atoms with Gasteiger partial charge in [-0.3, -0.25) is 10.00 Å². The maximum atomic E-state index is 6.42. The average Bonchev–Trinajstić information content (AvgIpc) is 3.57. The van der Waals surface area contributed by atoms with Crippen molar-refractivity contribution in [2.75, 3.05) is 38.7 Å². The van der Waals surface area contributed by atoms with Gasteiger partial charge in [0.2, 0.25) is 0 Å². The van der Waals surface area contributed by atoms with E-state index in [0.717, 1.165) is 48.4 Å². The van der Waals surface area contributed by atoms with Gasteiger partial charge in [0, 0.05) is 35.9 Å². The largest absolute Gasteiger partial charge is 0.491 e. The summed E-state index contributed by atoms with van der Waals surface area (Å²) in [4.78, 5) is 19.7. The first-order valence-electron chi connectivity index (χ1n) is 12.0. The zero-order valence-electron chi connectivity index (χ0n) is 20.5. The number of imidazole rings is 1. The number of fused-ring (bicyclic) bond motifs is 1. The van der Waals surface area contributed by atoms with Crippen molar-refractivity contribution in [3.05, 3.63) is 63.9 Å². The zero-order valence-corrected chi connectivity index (χ0v) is 22.8. The maximum absolute atomic E-state index is 6.42. The third-order valence-corrected chi connectivity index (χ3v) is 7.14. The summed E-state index contributed by atoms with van der Waals surface area (Å²) in [6.07, 6.45) is 3.36. The second kappa shape index (κ2) is 10.7. The Balaban J connectivity index is 1.29. The van der Waals surface area contributed by atoms with E-state index in [0.29, 0.717) is 45.2 Å². The van der Waals surface area contributed by atoms with Crippen LogP contribution >= 0.6 is 27.5 Å². The Labute approximate surface area is 231 Å². The van der Waals surface area contributed by atoms with Crippen molar-refractivity contribution in [1.82, 2.24) is 35.0 Å². The van der Waals surface area contributed by atoms with E-state index in [1.54, 1.807) is 25.6 Å². The van der Waals surface area contributed by atoms with E-state index >= 15 is 0 Å². The number of halogens is 2. The van der Waals surface area contributed by atoms with Crippen molar-refractivity contribution in [3.8, 4) is 28.7 Å². The number of aromatic amines is 2. The number of hydrogen-bond donors (Lipinski definition) is 3. The molecule has 0 unspecified atom stereocenters. The van der Waals surface area contributed by atoms with Crippen LogP contribution < -0.4 is 10.1 Å². The highest BCUT2D eigenvalue weighted by atomic mass is 79.9. The second-order valence-electron chi connectivity index (χ2n) is 8.83. The van der Waals surface area contributed by atoms with E-state index in [4.69, 9.17) is 31.0 Å². The Bertz CT molecular complexity index is 1600. The van der Waals surface area contributed by atoms with Gasteiger partial charge in [0.1, 0.15) is 0 Å². The summed E-state index contributed by atoms with van der Waals surface area (Å²) in [5.74, 6) is 2.04. The standard InChI is InChI=1S/C26H24BrClN8O2/c1-37-22-13-29-24(17-11-16(27)3-4-18(17)28)34-25(22)33-21-12-30-35-23(21)26-31-19-5-2-15(10-20(19)32-26)14-36-6-8-38-9-7-36/h2-5,10-13H,6-9,14H2,1H3,(H,30,35)(H,31,32)(H,29,33,34). The van der Waals surface area contributed by atoms with Crippen molar-refractivity contribution in [1.29, 1.82) is 0 Å². The van der Waals surface area contributed by atoms with Gasteiger partial charge >= 0.3 is 0 Å². The number of aromatic nitrogens is 6. The summed E-state index contributed by atoms with van der Waals surface area (Å²) in [7, 11) is 1.57. The number of nitrogens with zero attached hydrogens (tertiary/aromatic N) is 5. The summed E-state index contributed by atoms with van der Waals surface area (Å²) in [5, 5.41) is 11.2. The molecule has 0 bridgehead atoms. The summed E-state index contributed by atoms with van der Waals surface area (Å²) in [6, 6.07) is 11.8. The predicted molar refractivity (Wildman–Crippen MR) is 150 cm³/mol. The van der Waals surface area contributed by atoms with Crippen molar-refractivity contribution >= 4 is 50.1 Å². The molecule has 1 saturated heterocycles. The van der Waals surface area contributed by atoms with E-state index in [-0.39, 0.29) is 0 Å². The lowest BCUT2D eigenvalue weighted by molar-refractivity contribution is 0.0342. The maximum Gasteiger partial charge on any atom is 0.179 e. The molecule has 4 heterocycles. The highest BCUT2D eigenvalue weighted by Gasteiger charge is 2.18. The van der Waals surface area contributed by atoms with Crippen LogP contribution in [0.1, 0.15) is 5.56 Å². The van der Waals surface area contributed by atoms with Crippen LogP contribution in [0.3, 0.4) is 0 Å². The van der Waals surface area contributed by atoms with E-state index in [1.807, 2.05) is 12.1 Å². The molecule has 3 N–H and O–H groups in total. The SMILES string of the molecule is COc1cnc(-c2cc(Br)ccc2Cl)nc1Nc1c[nH]nc1-c1nc2cc(CN3CCOCC3)ccc2[nH]1. The number of ether oxygens (including phenoxy) is 2. The number of hydrogen-bond acceptors (Lipinski definition) is 8. The molecule has 3 aromatic heterocycles. The average molecular weight is 596 g/mol. The van der Waals surface area contributed by atoms with Gasteiger partial charge in [-0.25, -0.2) is 15.0 Å². The molecule has 0 aliphatic carbocycles. The van der Waals surface area contributed by atoms with Gasteiger partial charge in [0.25, 0.3) is 0 Å². The van der Waals surface area contributed by atoms with Gasteiger partial charge in [-0.05, 0) is 35.9 Å². The van der Waals surface area contributed by atoms with Crippen LogP contribution in [0.4, 0.5) is 11.5 Å². The lowest BCUT2D eigenvalue weighted by atomic mass is 10.2. The predicted octanol–water partition coefficient (Wildman–Crippen LogP) is 5.41. The quantitative estimate of drug-likeness (QED) is 0.229. The Kier molecular flexibility index (Phi) is 6.98. The van der Waals surface area contributed by atoms with E-state index in [2.05, 4.69) is 64.5 Å². The molecule has 38 heavy (non-hydrogen) atoms. The number of H-pyrrole nitrogens is 2. The number of rotatable bonds is 7. The Morgan fingerprint density at radius 3 is 2.87 bits per heavy atom. The molecule has 1 aliphatic rings. The normalized spacial score (nSPS) is 14.2. The van der Waals surface area contributed by atoms with Crippen LogP contribution in [0, 0.1) is 0 Å². The summed E-state index contributed by atoms with van der Waals surface area (Å²) >= 11 is 9.90. The molecule has 0 atom stereocenters. The highest BCUT2D eigenvalue weighted by molar-refractivity contribution is 9.10. The molecule has 0 amide bonds. The molecule has 0 saturated carbocycles. The molecule has 1 fully saturated rings. The lowest BCUT2D eigenvalue weighted by Gasteiger charge is -2.26. The molecular formula is C26H24BrClN8O2. The van der Waals surface area contributed by atoms with Crippen LogP contribution in [0.2, 0.25) is 5.02 Å². The minimum Gasteiger partial charge on any atom is -0.491 e. The Morgan fingerprint density at radius 1 is 1.16 bits per heavy atom. The van der Waals surface area contributed by atoms with E-state index < -0.39 is 0 Å². The summed E-state index contributed by atoms with van der Waals surface area (Å²) in [6.45, 7) is 4.30. The van der Waals surface area contributed by atoms with Crippen molar-refractivity contribution in [3.63, 3.8) is 0 Å². The van der Waals surface area contributed by atoms with Crippen LogP contribution in [-0.4, -0.2) is 68.4 Å². The highest BCUT2D eigenvalue weighted by Crippen LogP contribution is 2.34. The minimum atomic E-state index is 0.459. The van der Waals surface area contributed by atoms with E-state index in [1.165, 1.54) is 5.56 Å². The lowest BCUT2D eigenvalue weighted by Crippen LogP contribution is -2.35. The first-order valence-corrected chi connectivity index (χ1v) is 13.2. The van der Waals surface area contributed by atoms with Gasteiger partial charge in [-0.1, -0.05) is 33.6 Å². The van der Waals surface area contributed by atoms with E-state index in [9.17, 15) is 0 Å². The fourth-order valence-electron chi connectivity index (χ4n) is 4.38. The van der Waals surface area contributed by atoms with Gasteiger partial charge in [0.05, 0.1) is 48.3 Å². The third kappa shape index (κ3) is 5.10. The molecule has 0 spiro atoms. The molecule has 1 aliphatic heterocycles. The molecule has 194 valence electrons. The van der Waals surface area contributed by atoms with Crippen molar-refractivity contribution in [2.24, 2.45) is 0 Å². The number of anilines is 2. The van der Waals surface area contributed by atoms with Crippen LogP contribution in [0.25, 0.3) is 33.9 Å². The third-order valence-electron chi connectivity index (χ3n) is 6.32. The van der Waals surface area contributed by atoms with Crippen molar-refractivity contribution < 1.29 is 9.47 Å².